The normalized spacial score (nSPS) is 12.6. The third-order valence-corrected chi connectivity index (χ3v) is 4.02. The Morgan fingerprint density at radius 2 is 1.70 bits per heavy atom. The van der Waals surface area contributed by atoms with E-state index in [1.54, 1.807) is 14.2 Å². The van der Waals surface area contributed by atoms with Gasteiger partial charge in [0.15, 0.2) is 0 Å². The number of benzene rings is 1. The molecule has 0 aliphatic heterocycles. The van der Waals surface area contributed by atoms with E-state index in [2.05, 4.69) is 6.92 Å². The molecular weight excluding hydrogens is 276 g/mol. The molecule has 0 saturated carbocycles. The van der Waals surface area contributed by atoms with Gasteiger partial charge in [-0.2, -0.15) is 0 Å². The van der Waals surface area contributed by atoms with Crippen LogP contribution in [-0.2, 0) is 0 Å². The fourth-order valence-corrected chi connectivity index (χ4v) is 2.66. The van der Waals surface area contributed by atoms with E-state index >= 15 is 0 Å². The van der Waals surface area contributed by atoms with Gasteiger partial charge in [0.1, 0.15) is 11.5 Å². The minimum absolute atomic E-state index is 0.311. The van der Waals surface area contributed by atoms with Crippen LogP contribution in [0.5, 0.6) is 11.5 Å². The van der Waals surface area contributed by atoms with E-state index < -0.39 is 0 Å². The molecule has 1 aromatic rings. The zero-order valence-electron chi connectivity index (χ0n) is 12.5. The fourth-order valence-electron chi connectivity index (χ4n) is 2.41. The molecule has 0 spiro atoms. The highest BCUT2D eigenvalue weighted by Gasteiger charge is 2.20. The predicted octanol–water partition coefficient (Wildman–Crippen LogP) is 2.77. The van der Waals surface area contributed by atoms with Gasteiger partial charge in [-0.25, -0.2) is 0 Å². The number of ether oxygens (including phenoxy) is 2. The van der Waals surface area contributed by atoms with Crippen LogP contribution in [0.3, 0.4) is 0 Å². The van der Waals surface area contributed by atoms with Gasteiger partial charge in [0.25, 0.3) is 0 Å². The molecule has 1 aromatic carbocycles. The first-order valence-electron chi connectivity index (χ1n) is 6.92. The first-order valence-corrected chi connectivity index (χ1v) is 7.30. The molecule has 0 heterocycles. The Bertz CT molecular complexity index is 423. The molecule has 0 aliphatic rings. The van der Waals surface area contributed by atoms with E-state index in [4.69, 9.17) is 32.5 Å². The summed E-state index contributed by atoms with van der Waals surface area (Å²) in [5.41, 5.74) is 12.6. The molecule has 0 fully saturated rings. The molecule has 4 nitrogen and oxygen atoms in total. The van der Waals surface area contributed by atoms with Crippen molar-refractivity contribution in [2.75, 3.05) is 27.3 Å². The summed E-state index contributed by atoms with van der Waals surface area (Å²) in [6, 6.07) is 3.76. The molecule has 0 aromatic heterocycles. The number of hydrogen-bond acceptors (Lipinski definition) is 4. The van der Waals surface area contributed by atoms with Crippen LogP contribution >= 0.6 is 11.6 Å². The molecule has 0 saturated heterocycles. The summed E-state index contributed by atoms with van der Waals surface area (Å²) in [4.78, 5) is 0. The number of hydrogen-bond donors (Lipinski definition) is 2. The van der Waals surface area contributed by atoms with Crippen LogP contribution in [0.25, 0.3) is 0 Å². The van der Waals surface area contributed by atoms with E-state index in [1.807, 2.05) is 12.1 Å². The predicted molar refractivity (Wildman–Crippen MR) is 83.8 cm³/mol. The average molecular weight is 301 g/mol. The summed E-state index contributed by atoms with van der Waals surface area (Å²) in [7, 11) is 3.25. The molecule has 1 unspecified atom stereocenters. The molecule has 4 N–H and O–H groups in total. The lowest BCUT2D eigenvalue weighted by Crippen LogP contribution is -2.25. The zero-order chi connectivity index (χ0) is 15.1. The highest BCUT2D eigenvalue weighted by Crippen LogP contribution is 2.39. The third kappa shape index (κ3) is 4.01. The van der Waals surface area contributed by atoms with Crippen LogP contribution in [-0.4, -0.2) is 27.3 Å². The van der Waals surface area contributed by atoms with Gasteiger partial charge in [0, 0.05) is 6.07 Å². The molecule has 0 amide bonds. The largest absolute Gasteiger partial charge is 0.496 e. The first kappa shape index (κ1) is 17.1. The van der Waals surface area contributed by atoms with E-state index in [9.17, 15) is 0 Å². The van der Waals surface area contributed by atoms with Crippen LogP contribution in [0.1, 0.15) is 31.2 Å². The maximum absolute atomic E-state index is 6.23. The highest BCUT2D eigenvalue weighted by molar-refractivity contribution is 6.32. The van der Waals surface area contributed by atoms with Crippen LogP contribution < -0.4 is 20.9 Å². The Morgan fingerprint density at radius 1 is 1.10 bits per heavy atom. The minimum Gasteiger partial charge on any atom is -0.496 e. The summed E-state index contributed by atoms with van der Waals surface area (Å²) in [5, 5.41) is 0.596. The minimum atomic E-state index is 0.311. The molecule has 114 valence electrons. The number of methoxy groups -OCH3 is 2. The van der Waals surface area contributed by atoms with Crippen molar-refractivity contribution in [3.8, 4) is 11.5 Å². The van der Waals surface area contributed by atoms with Crippen LogP contribution in [0.15, 0.2) is 12.1 Å². The SMILES string of the molecule is CCC(CC(CN)CN)c1cc(Cl)c(OC)cc1OC. The number of rotatable bonds is 8. The average Bonchev–Trinajstić information content (AvgIpc) is 2.48. The van der Waals surface area contributed by atoms with Gasteiger partial charge in [-0.1, -0.05) is 18.5 Å². The van der Waals surface area contributed by atoms with Gasteiger partial charge >= 0.3 is 0 Å². The summed E-state index contributed by atoms with van der Waals surface area (Å²) in [6.45, 7) is 3.34. The van der Waals surface area contributed by atoms with Crippen molar-refractivity contribution in [2.45, 2.75) is 25.7 Å². The maximum Gasteiger partial charge on any atom is 0.141 e. The van der Waals surface area contributed by atoms with Gasteiger partial charge in [-0.15, -0.1) is 0 Å². The standard InChI is InChI=1S/C15H25ClN2O2/c1-4-11(5-10(8-17)9-18)12-6-13(16)15(20-3)7-14(12)19-2/h6-7,10-11H,4-5,8-9,17-18H2,1-3H3. The molecule has 20 heavy (non-hydrogen) atoms. The Hall–Kier alpha value is -0.970. The third-order valence-electron chi connectivity index (χ3n) is 3.72. The van der Waals surface area contributed by atoms with E-state index in [0.29, 0.717) is 35.7 Å². The summed E-state index contributed by atoms with van der Waals surface area (Å²) in [6.07, 6.45) is 1.91. The number of halogens is 1. The van der Waals surface area contributed by atoms with Crippen molar-refractivity contribution in [2.24, 2.45) is 17.4 Å². The molecule has 0 radical (unpaired) electrons. The summed E-state index contributed by atoms with van der Waals surface area (Å²) < 4.78 is 10.7. The summed E-state index contributed by atoms with van der Waals surface area (Å²) >= 11 is 6.23. The van der Waals surface area contributed by atoms with Gasteiger partial charge < -0.3 is 20.9 Å². The maximum atomic E-state index is 6.23. The van der Waals surface area contributed by atoms with Crippen LogP contribution in [0.4, 0.5) is 0 Å². The van der Waals surface area contributed by atoms with Crippen molar-refractivity contribution in [1.29, 1.82) is 0 Å². The van der Waals surface area contributed by atoms with Crippen molar-refractivity contribution in [3.05, 3.63) is 22.7 Å². The monoisotopic (exact) mass is 300 g/mol. The van der Waals surface area contributed by atoms with Crippen molar-refractivity contribution in [1.82, 2.24) is 0 Å². The molecule has 1 rings (SSSR count). The Kier molecular flexibility index (Phi) is 7.13. The van der Waals surface area contributed by atoms with Gasteiger partial charge in [0.2, 0.25) is 0 Å². The number of nitrogens with two attached hydrogens (primary N) is 2. The van der Waals surface area contributed by atoms with Crippen LogP contribution in [0.2, 0.25) is 5.02 Å². The lowest BCUT2D eigenvalue weighted by molar-refractivity contribution is 0.379. The van der Waals surface area contributed by atoms with Crippen molar-refractivity contribution in [3.63, 3.8) is 0 Å². The van der Waals surface area contributed by atoms with Crippen LogP contribution in [0, 0.1) is 5.92 Å². The van der Waals surface area contributed by atoms with Gasteiger partial charge in [-0.3, -0.25) is 0 Å². The summed E-state index contributed by atoms with van der Waals surface area (Å²) in [5.74, 6) is 2.05. The van der Waals surface area contributed by atoms with Crippen molar-refractivity contribution < 1.29 is 9.47 Å². The topological polar surface area (TPSA) is 70.5 Å². The van der Waals surface area contributed by atoms with Gasteiger partial charge in [0.05, 0.1) is 19.2 Å². The molecule has 0 aliphatic carbocycles. The Balaban J connectivity index is 3.10. The zero-order valence-corrected chi connectivity index (χ0v) is 13.2. The molecule has 0 bridgehead atoms. The molecule has 1 atom stereocenters. The van der Waals surface area contributed by atoms with E-state index in [0.717, 1.165) is 24.2 Å². The Morgan fingerprint density at radius 3 is 2.15 bits per heavy atom. The smallest absolute Gasteiger partial charge is 0.141 e. The Labute approximate surface area is 126 Å². The van der Waals surface area contributed by atoms with Gasteiger partial charge in [-0.05, 0) is 49.4 Å². The second-order valence-corrected chi connectivity index (χ2v) is 5.31. The highest BCUT2D eigenvalue weighted by atomic mass is 35.5. The quantitative estimate of drug-likeness (QED) is 0.774. The van der Waals surface area contributed by atoms with E-state index in [1.165, 1.54) is 0 Å². The second kappa shape index (κ2) is 8.35. The van der Waals surface area contributed by atoms with E-state index in [-0.39, 0.29) is 0 Å². The lowest BCUT2D eigenvalue weighted by atomic mass is 9.86. The first-order chi connectivity index (χ1) is 9.60. The fraction of sp³-hybridized carbons (Fsp3) is 0.600. The second-order valence-electron chi connectivity index (χ2n) is 4.91. The van der Waals surface area contributed by atoms with Crippen molar-refractivity contribution >= 4 is 11.6 Å². The molecular formula is C15H25ClN2O2. The lowest BCUT2D eigenvalue weighted by Gasteiger charge is -2.23. The molecule has 5 heteroatoms.